The molecule has 0 unspecified atom stereocenters. The molecule has 0 saturated heterocycles. The molecule has 4 N–H and O–H groups in total. The van der Waals surface area contributed by atoms with Gasteiger partial charge < -0.3 is 14.9 Å². The van der Waals surface area contributed by atoms with Gasteiger partial charge in [-0.1, -0.05) is 0 Å². The molecule has 108 valence electrons. The molecular weight excluding hydrogens is 276 g/mol. The van der Waals surface area contributed by atoms with Gasteiger partial charge in [0.1, 0.15) is 11.5 Å². The summed E-state index contributed by atoms with van der Waals surface area (Å²) in [5.74, 6) is 1.06. The first-order chi connectivity index (χ1) is 10.0. The number of nitrogens with one attached hydrogen (secondary N) is 2. The van der Waals surface area contributed by atoms with E-state index in [-0.39, 0.29) is 0 Å². The van der Waals surface area contributed by atoms with Crippen LogP contribution in [0.4, 0.5) is 21.0 Å². The van der Waals surface area contributed by atoms with Crippen LogP contribution in [0.25, 0.3) is 0 Å². The SMILES string of the molecule is O=C(O)Nc1ccc(Oc2ccc(NC(=O)O)cc2)cc1. The summed E-state index contributed by atoms with van der Waals surface area (Å²) < 4.78 is 5.55. The van der Waals surface area contributed by atoms with Crippen LogP contribution in [0.15, 0.2) is 48.5 Å². The molecule has 2 aromatic carbocycles. The summed E-state index contributed by atoms with van der Waals surface area (Å²) in [7, 11) is 0. The first-order valence-corrected chi connectivity index (χ1v) is 5.91. The fourth-order valence-corrected chi connectivity index (χ4v) is 1.60. The van der Waals surface area contributed by atoms with Crippen LogP contribution in [0.3, 0.4) is 0 Å². The normalized spacial score (nSPS) is 9.71. The molecule has 0 saturated carbocycles. The van der Waals surface area contributed by atoms with Crippen molar-refractivity contribution in [3.8, 4) is 11.5 Å². The maximum Gasteiger partial charge on any atom is 0.409 e. The number of benzene rings is 2. The van der Waals surface area contributed by atoms with Crippen LogP contribution in [0, 0.1) is 0 Å². The highest BCUT2D eigenvalue weighted by molar-refractivity contribution is 5.83. The maximum absolute atomic E-state index is 10.5. The molecule has 7 heteroatoms. The monoisotopic (exact) mass is 288 g/mol. The van der Waals surface area contributed by atoms with E-state index >= 15 is 0 Å². The molecule has 0 radical (unpaired) electrons. The standard InChI is InChI=1S/C14H12N2O5/c17-13(18)15-9-1-5-11(6-2-9)21-12-7-3-10(4-8-12)16-14(19)20/h1-8,15-16H,(H,17,18)(H,19,20). The highest BCUT2D eigenvalue weighted by atomic mass is 16.5. The Balaban J connectivity index is 2.01. The summed E-state index contributed by atoms with van der Waals surface area (Å²) in [5.41, 5.74) is 0.881. The first kappa shape index (κ1) is 14.2. The lowest BCUT2D eigenvalue weighted by Gasteiger charge is -2.07. The topological polar surface area (TPSA) is 108 Å². The number of carboxylic acid groups (broad SMARTS) is 2. The van der Waals surface area contributed by atoms with Crippen LogP contribution in [0.2, 0.25) is 0 Å². The molecule has 7 nitrogen and oxygen atoms in total. The average molecular weight is 288 g/mol. The van der Waals surface area contributed by atoms with Crippen LogP contribution in [-0.4, -0.2) is 22.4 Å². The number of amides is 2. The van der Waals surface area contributed by atoms with E-state index in [2.05, 4.69) is 10.6 Å². The number of hydrogen-bond acceptors (Lipinski definition) is 3. The van der Waals surface area contributed by atoms with Crippen molar-refractivity contribution in [1.29, 1.82) is 0 Å². The second-order valence-corrected chi connectivity index (χ2v) is 4.01. The summed E-state index contributed by atoms with van der Waals surface area (Å²) in [6, 6.07) is 12.8. The van der Waals surface area contributed by atoms with Gasteiger partial charge >= 0.3 is 12.2 Å². The molecule has 2 aromatic rings. The lowest BCUT2D eigenvalue weighted by atomic mass is 10.3. The smallest absolute Gasteiger partial charge is 0.409 e. The Morgan fingerprint density at radius 2 is 1.05 bits per heavy atom. The van der Waals surface area contributed by atoms with Gasteiger partial charge in [-0.25, -0.2) is 9.59 Å². The average Bonchev–Trinajstić information content (AvgIpc) is 2.42. The van der Waals surface area contributed by atoms with E-state index in [1.165, 1.54) is 0 Å². The second kappa shape index (κ2) is 6.29. The minimum atomic E-state index is -1.13. The van der Waals surface area contributed by atoms with Crippen molar-refractivity contribution in [3.05, 3.63) is 48.5 Å². The van der Waals surface area contributed by atoms with Crippen LogP contribution < -0.4 is 15.4 Å². The summed E-state index contributed by atoms with van der Waals surface area (Å²) >= 11 is 0. The third kappa shape index (κ3) is 4.43. The van der Waals surface area contributed by atoms with Gasteiger partial charge in [0.05, 0.1) is 0 Å². The number of anilines is 2. The zero-order chi connectivity index (χ0) is 15.2. The fraction of sp³-hybridized carbons (Fsp3) is 0. The van der Waals surface area contributed by atoms with Crippen LogP contribution in [-0.2, 0) is 0 Å². The van der Waals surface area contributed by atoms with E-state index in [0.717, 1.165) is 0 Å². The van der Waals surface area contributed by atoms with Gasteiger partial charge in [-0.3, -0.25) is 10.6 Å². The number of hydrogen-bond donors (Lipinski definition) is 4. The Labute approximate surface area is 119 Å². The zero-order valence-electron chi connectivity index (χ0n) is 10.7. The van der Waals surface area contributed by atoms with Crippen molar-refractivity contribution in [1.82, 2.24) is 0 Å². The van der Waals surface area contributed by atoms with Crippen molar-refractivity contribution in [2.24, 2.45) is 0 Å². The predicted molar refractivity (Wildman–Crippen MR) is 76.3 cm³/mol. The minimum absolute atomic E-state index is 0.441. The Morgan fingerprint density at radius 3 is 1.33 bits per heavy atom. The Kier molecular flexibility index (Phi) is 4.25. The quantitative estimate of drug-likeness (QED) is 0.686. The second-order valence-electron chi connectivity index (χ2n) is 4.01. The first-order valence-electron chi connectivity index (χ1n) is 5.91. The van der Waals surface area contributed by atoms with Gasteiger partial charge in [-0.05, 0) is 48.5 Å². The molecule has 0 atom stereocenters. The molecule has 0 heterocycles. The molecule has 2 amide bonds. The lowest BCUT2D eigenvalue weighted by molar-refractivity contribution is 0.208. The van der Waals surface area contributed by atoms with Gasteiger partial charge in [-0.2, -0.15) is 0 Å². The number of ether oxygens (including phenoxy) is 1. The largest absolute Gasteiger partial charge is 0.465 e. The van der Waals surface area contributed by atoms with Crippen molar-refractivity contribution in [2.75, 3.05) is 10.6 Å². The minimum Gasteiger partial charge on any atom is -0.465 e. The van der Waals surface area contributed by atoms with E-state index in [1.54, 1.807) is 48.5 Å². The predicted octanol–water partition coefficient (Wildman–Crippen LogP) is 3.66. The summed E-state index contributed by atoms with van der Waals surface area (Å²) in [4.78, 5) is 20.9. The van der Waals surface area contributed by atoms with Gasteiger partial charge in [0, 0.05) is 11.4 Å². The van der Waals surface area contributed by atoms with E-state index < -0.39 is 12.2 Å². The van der Waals surface area contributed by atoms with Crippen LogP contribution >= 0.6 is 0 Å². The van der Waals surface area contributed by atoms with Crippen molar-refractivity contribution in [2.45, 2.75) is 0 Å². The number of rotatable bonds is 4. The van der Waals surface area contributed by atoms with E-state index in [1.807, 2.05) is 0 Å². The van der Waals surface area contributed by atoms with E-state index in [0.29, 0.717) is 22.9 Å². The summed E-state index contributed by atoms with van der Waals surface area (Å²) in [5, 5.41) is 21.6. The van der Waals surface area contributed by atoms with Gasteiger partial charge in [-0.15, -0.1) is 0 Å². The highest BCUT2D eigenvalue weighted by Gasteiger charge is 2.02. The maximum atomic E-state index is 10.5. The molecule has 0 spiro atoms. The van der Waals surface area contributed by atoms with Crippen LogP contribution in [0.1, 0.15) is 0 Å². The zero-order valence-corrected chi connectivity index (χ0v) is 10.7. The van der Waals surface area contributed by atoms with Crippen molar-refractivity contribution in [3.63, 3.8) is 0 Å². The third-order valence-corrected chi connectivity index (χ3v) is 2.45. The molecule has 2 rings (SSSR count). The summed E-state index contributed by atoms with van der Waals surface area (Å²) in [6.07, 6.45) is -2.27. The Bertz CT molecular complexity index is 580. The Hall–Kier alpha value is -3.22. The van der Waals surface area contributed by atoms with Crippen LogP contribution in [0.5, 0.6) is 11.5 Å². The molecule has 0 aliphatic rings. The molecule has 0 aromatic heterocycles. The Morgan fingerprint density at radius 1 is 0.714 bits per heavy atom. The van der Waals surface area contributed by atoms with Gasteiger partial charge in [0.2, 0.25) is 0 Å². The molecular formula is C14H12N2O5. The van der Waals surface area contributed by atoms with Crippen molar-refractivity contribution < 1.29 is 24.5 Å². The summed E-state index contributed by atoms with van der Waals surface area (Å²) in [6.45, 7) is 0. The highest BCUT2D eigenvalue weighted by Crippen LogP contribution is 2.24. The van der Waals surface area contributed by atoms with Crippen molar-refractivity contribution >= 4 is 23.6 Å². The molecule has 0 bridgehead atoms. The van der Waals surface area contributed by atoms with E-state index in [9.17, 15) is 9.59 Å². The van der Waals surface area contributed by atoms with E-state index in [4.69, 9.17) is 14.9 Å². The fourth-order valence-electron chi connectivity index (χ4n) is 1.60. The molecule has 21 heavy (non-hydrogen) atoms. The van der Waals surface area contributed by atoms with Gasteiger partial charge in [0.25, 0.3) is 0 Å². The molecule has 0 aliphatic carbocycles. The lowest BCUT2D eigenvalue weighted by Crippen LogP contribution is -2.06. The molecule has 0 aliphatic heterocycles. The molecule has 0 fully saturated rings. The van der Waals surface area contributed by atoms with Gasteiger partial charge in [0.15, 0.2) is 0 Å². The third-order valence-electron chi connectivity index (χ3n) is 2.45. The number of carbonyl (C=O) groups is 2.